The number of benzene rings is 2. The van der Waals surface area contributed by atoms with Crippen LogP contribution in [0.2, 0.25) is 0 Å². The summed E-state index contributed by atoms with van der Waals surface area (Å²) in [5.74, 6) is -3.88. The number of fused-ring (bicyclic) bond motifs is 4. The van der Waals surface area contributed by atoms with E-state index in [2.05, 4.69) is 6.58 Å². The van der Waals surface area contributed by atoms with Crippen molar-refractivity contribution in [2.75, 3.05) is 4.90 Å². The average Bonchev–Trinajstić information content (AvgIpc) is 3.66. The number of phenolic OH excluding ortho intramolecular Hbond substituents is 1. The third-order valence-electron chi connectivity index (χ3n) is 10.1. The molecule has 2 aromatic carbocycles. The highest BCUT2D eigenvalue weighted by Gasteiger charge is 2.67. The largest absolute Gasteiger partial charge is 0.507 e. The molecule has 43 heavy (non-hydrogen) atoms. The van der Waals surface area contributed by atoms with Gasteiger partial charge in [0.15, 0.2) is 0 Å². The van der Waals surface area contributed by atoms with Crippen LogP contribution >= 0.6 is 11.3 Å². The van der Waals surface area contributed by atoms with Crippen molar-refractivity contribution in [2.45, 2.75) is 38.6 Å². The Morgan fingerprint density at radius 1 is 0.977 bits per heavy atom. The van der Waals surface area contributed by atoms with Gasteiger partial charge >= 0.3 is 0 Å². The number of allylic oxidation sites excluding steroid dienone is 3. The molecule has 0 unspecified atom stereocenters. The van der Waals surface area contributed by atoms with Crippen molar-refractivity contribution in [3.8, 4) is 5.75 Å². The van der Waals surface area contributed by atoms with Gasteiger partial charge in [-0.25, -0.2) is 4.90 Å². The van der Waals surface area contributed by atoms with Crippen molar-refractivity contribution in [1.82, 2.24) is 4.90 Å². The number of para-hydroxylation sites is 2. The maximum Gasteiger partial charge on any atom is 0.241 e. The average molecular weight is 593 g/mol. The summed E-state index contributed by atoms with van der Waals surface area (Å²) in [6, 6.07) is 18.2. The number of imide groups is 2. The SMILES string of the molecule is C=CCc1cccc([C@H]2C3=CC[C@@H]4C(=O)N(Cc5cccs5)C(=O)[C@@H]4[C@@H]3C[C@H]3C(=O)N(c4ccccc4)C(=O)[C@@]23C)c1O. The summed E-state index contributed by atoms with van der Waals surface area (Å²) >= 11 is 1.50. The fourth-order valence-corrected chi connectivity index (χ4v) is 8.82. The Morgan fingerprint density at radius 2 is 1.77 bits per heavy atom. The molecular weight excluding hydrogens is 560 g/mol. The minimum atomic E-state index is -1.20. The number of anilines is 1. The van der Waals surface area contributed by atoms with Crippen LogP contribution in [0.1, 0.15) is 41.7 Å². The lowest BCUT2D eigenvalue weighted by atomic mass is 9.51. The summed E-state index contributed by atoms with van der Waals surface area (Å²) in [6.07, 6.45) is 4.82. The predicted molar refractivity (Wildman–Crippen MR) is 163 cm³/mol. The summed E-state index contributed by atoms with van der Waals surface area (Å²) in [5, 5.41) is 13.5. The number of aromatic hydroxyl groups is 1. The highest BCUT2D eigenvalue weighted by atomic mass is 32.1. The lowest BCUT2D eigenvalue weighted by molar-refractivity contribution is -0.141. The van der Waals surface area contributed by atoms with Gasteiger partial charge in [-0.15, -0.1) is 17.9 Å². The van der Waals surface area contributed by atoms with E-state index < -0.39 is 35.0 Å². The molecule has 2 aliphatic heterocycles. The smallest absolute Gasteiger partial charge is 0.241 e. The number of likely N-dealkylation sites (tertiary alicyclic amines) is 1. The Kier molecular flexibility index (Phi) is 6.50. The van der Waals surface area contributed by atoms with Gasteiger partial charge in [0.25, 0.3) is 0 Å². The molecular formula is C35H32N2O5S. The van der Waals surface area contributed by atoms with Crippen molar-refractivity contribution in [3.63, 3.8) is 0 Å². The number of phenols is 1. The summed E-state index contributed by atoms with van der Waals surface area (Å²) in [6.45, 7) is 5.89. The quantitative estimate of drug-likeness (QED) is 0.297. The zero-order valence-electron chi connectivity index (χ0n) is 23.8. The van der Waals surface area contributed by atoms with Gasteiger partial charge in [0.2, 0.25) is 23.6 Å². The summed E-state index contributed by atoms with van der Waals surface area (Å²) < 4.78 is 0. The van der Waals surface area contributed by atoms with Crippen LogP contribution < -0.4 is 4.90 Å². The van der Waals surface area contributed by atoms with Crippen LogP contribution in [0.4, 0.5) is 5.69 Å². The lowest BCUT2D eigenvalue weighted by Crippen LogP contribution is -2.48. The molecule has 0 radical (unpaired) electrons. The van der Waals surface area contributed by atoms with E-state index in [1.807, 2.05) is 54.8 Å². The topological polar surface area (TPSA) is 95.0 Å². The first-order valence-electron chi connectivity index (χ1n) is 14.7. The minimum Gasteiger partial charge on any atom is -0.507 e. The molecule has 3 aromatic rings. The fourth-order valence-electron chi connectivity index (χ4n) is 8.13. The van der Waals surface area contributed by atoms with E-state index in [0.717, 1.165) is 10.5 Å². The molecule has 3 heterocycles. The number of hydrogen-bond acceptors (Lipinski definition) is 6. The number of carbonyl (C=O) groups is 4. The summed E-state index contributed by atoms with van der Waals surface area (Å²) in [5.41, 5.74) is 1.40. The van der Waals surface area contributed by atoms with Gasteiger partial charge < -0.3 is 5.11 Å². The number of nitrogens with zero attached hydrogens (tertiary/aromatic N) is 2. The van der Waals surface area contributed by atoms with Gasteiger partial charge in [0, 0.05) is 16.4 Å². The fraction of sp³-hybridized carbons (Fsp3) is 0.314. The Morgan fingerprint density at radius 3 is 2.49 bits per heavy atom. The van der Waals surface area contributed by atoms with Crippen LogP contribution in [0.5, 0.6) is 5.75 Å². The second-order valence-corrected chi connectivity index (χ2v) is 13.2. The molecule has 4 aliphatic rings. The van der Waals surface area contributed by atoms with Crippen molar-refractivity contribution in [1.29, 1.82) is 0 Å². The molecule has 8 heteroatoms. The molecule has 3 fully saturated rings. The normalized spacial score (nSPS) is 29.8. The van der Waals surface area contributed by atoms with E-state index >= 15 is 0 Å². The third kappa shape index (κ3) is 3.92. The first-order chi connectivity index (χ1) is 20.8. The molecule has 2 aliphatic carbocycles. The number of thiophene rings is 1. The van der Waals surface area contributed by atoms with Gasteiger partial charge in [0.05, 0.1) is 35.4 Å². The third-order valence-corrected chi connectivity index (χ3v) is 11.0. The van der Waals surface area contributed by atoms with Crippen LogP contribution in [0.15, 0.2) is 90.3 Å². The molecule has 7 nitrogen and oxygen atoms in total. The molecule has 2 saturated heterocycles. The first-order valence-corrected chi connectivity index (χ1v) is 15.6. The van der Waals surface area contributed by atoms with Gasteiger partial charge in [0.1, 0.15) is 5.75 Å². The number of hydrogen-bond donors (Lipinski definition) is 1. The van der Waals surface area contributed by atoms with Crippen molar-refractivity contribution in [3.05, 3.63) is 106 Å². The molecule has 6 atom stereocenters. The van der Waals surface area contributed by atoms with Crippen molar-refractivity contribution >= 4 is 40.7 Å². The Balaban J connectivity index is 1.37. The molecule has 0 spiro atoms. The van der Waals surface area contributed by atoms with E-state index in [0.29, 0.717) is 29.7 Å². The van der Waals surface area contributed by atoms with Crippen LogP contribution in [0.3, 0.4) is 0 Å². The molecule has 7 rings (SSSR count). The molecule has 1 aromatic heterocycles. The molecule has 1 saturated carbocycles. The second-order valence-electron chi connectivity index (χ2n) is 12.2. The minimum absolute atomic E-state index is 0.0719. The lowest BCUT2D eigenvalue weighted by Gasteiger charge is -2.49. The maximum atomic E-state index is 14.5. The van der Waals surface area contributed by atoms with Gasteiger partial charge in [-0.3, -0.25) is 24.1 Å². The highest BCUT2D eigenvalue weighted by molar-refractivity contribution is 7.09. The van der Waals surface area contributed by atoms with Crippen molar-refractivity contribution in [2.24, 2.45) is 29.1 Å². The van der Waals surface area contributed by atoms with E-state index in [1.165, 1.54) is 21.1 Å². The highest BCUT2D eigenvalue weighted by Crippen LogP contribution is 2.64. The van der Waals surface area contributed by atoms with E-state index in [1.54, 1.807) is 30.3 Å². The van der Waals surface area contributed by atoms with Crippen LogP contribution in [0, 0.1) is 29.1 Å². The Labute approximate surface area is 254 Å². The first kappa shape index (κ1) is 27.5. The van der Waals surface area contributed by atoms with Gasteiger partial charge in [-0.05, 0) is 61.2 Å². The van der Waals surface area contributed by atoms with Gasteiger partial charge in [-0.2, -0.15) is 0 Å². The second kappa shape index (κ2) is 10.2. The molecule has 0 bridgehead atoms. The predicted octanol–water partition coefficient (Wildman–Crippen LogP) is 5.61. The number of rotatable bonds is 6. The van der Waals surface area contributed by atoms with E-state index in [-0.39, 0.29) is 42.3 Å². The van der Waals surface area contributed by atoms with Crippen molar-refractivity contribution < 1.29 is 24.3 Å². The number of carbonyl (C=O) groups excluding carboxylic acids is 4. The van der Waals surface area contributed by atoms with E-state index in [4.69, 9.17) is 0 Å². The zero-order chi connectivity index (χ0) is 30.0. The molecule has 218 valence electrons. The summed E-state index contributed by atoms with van der Waals surface area (Å²) in [7, 11) is 0. The summed E-state index contributed by atoms with van der Waals surface area (Å²) in [4.78, 5) is 60.0. The van der Waals surface area contributed by atoms with E-state index in [9.17, 15) is 24.3 Å². The molecule has 4 amide bonds. The Hall–Kier alpha value is -4.30. The van der Waals surface area contributed by atoms with Crippen LogP contribution in [-0.2, 0) is 32.1 Å². The monoisotopic (exact) mass is 592 g/mol. The standard InChI is InChI=1S/C35H32N2O5S/c1-3-9-20-10-7-14-25(30(20)38)29-23-15-16-24-28(33(41)36(31(24)39)19-22-13-8-17-43-22)26(23)18-27-32(40)37(34(42)35(27,29)2)21-11-5-4-6-12-21/h3-8,10-15,17,24,26-29,38H,1,9,16,18-19H2,2H3/t24-,26+,27-,28-,29+,35+/m0/s1. The zero-order valence-corrected chi connectivity index (χ0v) is 24.6. The van der Waals surface area contributed by atoms with Crippen LogP contribution in [0.25, 0.3) is 0 Å². The Bertz CT molecular complexity index is 1700. The van der Waals surface area contributed by atoms with Crippen LogP contribution in [-0.4, -0.2) is 33.6 Å². The van der Waals surface area contributed by atoms with Gasteiger partial charge in [-0.1, -0.05) is 60.2 Å². The molecule has 1 N–H and O–H groups in total. The maximum absolute atomic E-state index is 14.5. The number of amides is 4.